The van der Waals surface area contributed by atoms with E-state index in [0.29, 0.717) is 10.0 Å². The lowest BCUT2D eigenvalue weighted by Crippen LogP contribution is -2.39. The second-order valence-corrected chi connectivity index (χ2v) is 7.42. The van der Waals surface area contributed by atoms with Crippen molar-refractivity contribution in [3.05, 3.63) is 28.2 Å². The number of amidine groups is 1. The number of anilines is 1. The molecule has 4 nitrogen and oxygen atoms in total. The van der Waals surface area contributed by atoms with Gasteiger partial charge in [0, 0.05) is 12.3 Å². The maximum atomic E-state index is 6.13. The number of halogens is 2. The number of thioether (sulfide) groups is 1. The summed E-state index contributed by atoms with van der Waals surface area (Å²) in [5.74, 6) is 1.05. The zero-order valence-corrected chi connectivity index (χ0v) is 14.9. The van der Waals surface area contributed by atoms with E-state index < -0.39 is 0 Å². The highest BCUT2D eigenvalue weighted by atomic mass is 35.5. The lowest BCUT2D eigenvalue weighted by atomic mass is 10.3. The van der Waals surface area contributed by atoms with E-state index in [1.54, 1.807) is 11.8 Å². The van der Waals surface area contributed by atoms with Gasteiger partial charge in [0.25, 0.3) is 0 Å². The second kappa shape index (κ2) is 7.41. The summed E-state index contributed by atoms with van der Waals surface area (Å²) in [6, 6.07) is 5.64. The minimum Gasteiger partial charge on any atom is -0.303 e. The molecule has 0 aromatic heterocycles. The van der Waals surface area contributed by atoms with Crippen molar-refractivity contribution in [2.75, 3.05) is 30.4 Å². The summed E-state index contributed by atoms with van der Waals surface area (Å²) in [6.07, 6.45) is 2.74. The molecule has 1 atom stereocenters. The lowest BCUT2D eigenvalue weighted by Gasteiger charge is -2.22. The average Bonchev–Trinajstić information content (AvgIpc) is 3.12. The fraction of sp³-hybridized carbons (Fsp3) is 0.533. The number of nitrogens with zero attached hydrogens (tertiary/aromatic N) is 3. The third kappa shape index (κ3) is 3.89. The molecule has 1 aromatic rings. The maximum absolute atomic E-state index is 6.13. The fourth-order valence-corrected chi connectivity index (χ4v) is 4.02. The summed E-state index contributed by atoms with van der Waals surface area (Å²) in [5.41, 5.74) is 4.30. The summed E-state index contributed by atoms with van der Waals surface area (Å²) in [7, 11) is 0. The summed E-state index contributed by atoms with van der Waals surface area (Å²) >= 11 is 13.9. The monoisotopic (exact) mass is 358 g/mol. The first-order valence-electron chi connectivity index (χ1n) is 7.58. The summed E-state index contributed by atoms with van der Waals surface area (Å²) in [4.78, 5) is 7.18. The van der Waals surface area contributed by atoms with Gasteiger partial charge in [-0.05, 0) is 51.1 Å². The molecular weight excluding hydrogens is 339 g/mol. The molecule has 0 spiro atoms. The van der Waals surface area contributed by atoms with Crippen LogP contribution in [0, 0.1) is 0 Å². The Kier molecular flexibility index (Phi) is 5.52. The van der Waals surface area contributed by atoms with Gasteiger partial charge in [-0.3, -0.25) is 5.01 Å². The normalized spacial score (nSPS) is 22.4. The van der Waals surface area contributed by atoms with Crippen molar-refractivity contribution in [2.24, 2.45) is 4.99 Å². The molecule has 1 saturated heterocycles. The van der Waals surface area contributed by atoms with Crippen LogP contribution in [-0.2, 0) is 0 Å². The first kappa shape index (κ1) is 16.4. The molecule has 2 heterocycles. The Morgan fingerprint density at radius 3 is 2.77 bits per heavy atom. The molecular formula is C15H20Cl2N4S. The topological polar surface area (TPSA) is 30.9 Å². The Balaban J connectivity index is 1.62. The minimum atomic E-state index is 0.0729. The SMILES string of the molecule is CC1N=C(SCCN2CCCC2)N(c2ccc(Cl)c(Cl)c2)N1. The third-order valence-electron chi connectivity index (χ3n) is 3.81. The highest BCUT2D eigenvalue weighted by Crippen LogP contribution is 2.29. The van der Waals surface area contributed by atoms with Gasteiger partial charge in [-0.1, -0.05) is 35.0 Å². The predicted molar refractivity (Wildman–Crippen MR) is 97.1 cm³/mol. The van der Waals surface area contributed by atoms with Crippen LogP contribution in [0.2, 0.25) is 10.0 Å². The van der Waals surface area contributed by atoms with Crippen LogP contribution in [0.4, 0.5) is 5.69 Å². The second-order valence-electron chi connectivity index (χ2n) is 5.55. The van der Waals surface area contributed by atoms with Crippen LogP contribution in [0.15, 0.2) is 23.2 Å². The van der Waals surface area contributed by atoms with Crippen molar-refractivity contribution in [1.82, 2.24) is 10.3 Å². The Morgan fingerprint density at radius 2 is 2.05 bits per heavy atom. The van der Waals surface area contributed by atoms with Crippen LogP contribution in [0.1, 0.15) is 19.8 Å². The van der Waals surface area contributed by atoms with Crippen LogP contribution in [0.5, 0.6) is 0 Å². The van der Waals surface area contributed by atoms with E-state index in [1.165, 1.54) is 25.9 Å². The van der Waals surface area contributed by atoms with Crippen LogP contribution >= 0.6 is 35.0 Å². The minimum absolute atomic E-state index is 0.0729. The van der Waals surface area contributed by atoms with Crippen LogP contribution < -0.4 is 10.4 Å². The number of hydrogen-bond donors (Lipinski definition) is 1. The van der Waals surface area contributed by atoms with Gasteiger partial charge in [0.1, 0.15) is 6.17 Å². The fourth-order valence-electron chi connectivity index (χ4n) is 2.68. The highest BCUT2D eigenvalue weighted by Gasteiger charge is 2.24. The number of likely N-dealkylation sites (tertiary alicyclic amines) is 1. The molecule has 120 valence electrons. The van der Waals surface area contributed by atoms with Gasteiger partial charge < -0.3 is 4.90 Å². The van der Waals surface area contributed by atoms with Crippen LogP contribution in [0.25, 0.3) is 0 Å². The van der Waals surface area contributed by atoms with E-state index >= 15 is 0 Å². The maximum Gasteiger partial charge on any atom is 0.180 e. The standard InChI is InChI=1S/C15H20Cl2N4S/c1-11-18-15(22-9-8-20-6-2-3-7-20)21(19-11)12-4-5-13(16)14(17)10-12/h4-5,10-11,19H,2-3,6-9H2,1H3. The number of hydrazine groups is 1. The van der Waals surface area contributed by atoms with E-state index in [9.17, 15) is 0 Å². The first-order chi connectivity index (χ1) is 10.6. The average molecular weight is 359 g/mol. The lowest BCUT2D eigenvalue weighted by molar-refractivity contribution is 0.362. The van der Waals surface area contributed by atoms with Crippen molar-refractivity contribution >= 4 is 45.8 Å². The van der Waals surface area contributed by atoms with Crippen molar-refractivity contribution in [3.63, 3.8) is 0 Å². The number of aliphatic imine (C=N–C) groups is 1. The Hall–Kier alpha value is -0.460. The van der Waals surface area contributed by atoms with Crippen LogP contribution in [-0.4, -0.2) is 41.6 Å². The number of hydrogen-bond acceptors (Lipinski definition) is 5. The van der Waals surface area contributed by atoms with E-state index in [1.807, 2.05) is 30.1 Å². The molecule has 1 N–H and O–H groups in total. The molecule has 3 rings (SSSR count). The van der Waals surface area contributed by atoms with Gasteiger partial charge >= 0.3 is 0 Å². The van der Waals surface area contributed by atoms with Gasteiger partial charge in [0.15, 0.2) is 5.17 Å². The zero-order valence-electron chi connectivity index (χ0n) is 12.6. The van der Waals surface area contributed by atoms with Gasteiger partial charge in [0.2, 0.25) is 0 Å². The molecule has 1 aromatic carbocycles. The molecule has 0 aliphatic carbocycles. The van der Waals surface area contributed by atoms with Gasteiger partial charge in [-0.2, -0.15) is 0 Å². The van der Waals surface area contributed by atoms with Gasteiger partial charge in [-0.15, -0.1) is 0 Å². The molecule has 0 bridgehead atoms. The molecule has 2 aliphatic heterocycles. The highest BCUT2D eigenvalue weighted by molar-refractivity contribution is 8.14. The molecule has 1 fully saturated rings. The molecule has 0 saturated carbocycles. The van der Waals surface area contributed by atoms with Crippen molar-refractivity contribution < 1.29 is 0 Å². The Morgan fingerprint density at radius 1 is 1.27 bits per heavy atom. The molecule has 22 heavy (non-hydrogen) atoms. The van der Waals surface area contributed by atoms with Crippen molar-refractivity contribution in [2.45, 2.75) is 25.9 Å². The van der Waals surface area contributed by atoms with Gasteiger partial charge in [-0.25, -0.2) is 10.4 Å². The molecule has 7 heteroatoms. The van der Waals surface area contributed by atoms with Gasteiger partial charge in [0.05, 0.1) is 15.7 Å². The van der Waals surface area contributed by atoms with Crippen LogP contribution in [0.3, 0.4) is 0 Å². The van der Waals surface area contributed by atoms with Crippen molar-refractivity contribution in [3.8, 4) is 0 Å². The summed E-state index contributed by atoms with van der Waals surface area (Å²) in [5, 5.41) is 4.12. The molecule has 0 radical (unpaired) electrons. The van der Waals surface area contributed by atoms with Crippen molar-refractivity contribution in [1.29, 1.82) is 0 Å². The summed E-state index contributed by atoms with van der Waals surface area (Å²) < 4.78 is 0. The molecule has 1 unspecified atom stereocenters. The zero-order chi connectivity index (χ0) is 15.5. The number of benzene rings is 1. The molecule has 0 amide bonds. The predicted octanol–water partition coefficient (Wildman–Crippen LogP) is 3.85. The first-order valence-corrected chi connectivity index (χ1v) is 9.32. The quantitative estimate of drug-likeness (QED) is 0.885. The Bertz CT molecular complexity index is 560. The summed E-state index contributed by atoms with van der Waals surface area (Å²) in [6.45, 7) is 5.63. The molecule has 2 aliphatic rings. The van der Waals surface area contributed by atoms with E-state index in [2.05, 4.69) is 15.3 Å². The third-order valence-corrected chi connectivity index (χ3v) is 5.48. The van der Waals surface area contributed by atoms with E-state index in [-0.39, 0.29) is 6.17 Å². The van der Waals surface area contributed by atoms with E-state index in [4.69, 9.17) is 23.2 Å². The number of nitrogens with one attached hydrogen (secondary N) is 1. The van der Waals surface area contributed by atoms with E-state index in [0.717, 1.165) is 23.2 Å². The number of rotatable bonds is 4. The smallest absolute Gasteiger partial charge is 0.180 e. The Labute approximate surface area is 145 Å². The largest absolute Gasteiger partial charge is 0.303 e.